The normalized spacial score (nSPS) is 48.1. The lowest BCUT2D eigenvalue weighted by Crippen LogP contribution is -2.51. The summed E-state index contributed by atoms with van der Waals surface area (Å²) in [7, 11) is -1.58. The lowest BCUT2D eigenvalue weighted by atomic mass is 9.54. The summed E-state index contributed by atoms with van der Waals surface area (Å²) in [5.74, 6) is 2.25. The molecule has 0 aromatic rings. The van der Waals surface area contributed by atoms with E-state index in [2.05, 4.69) is 38.7 Å². The molecule has 0 bridgehead atoms. The highest BCUT2D eigenvalue weighted by Crippen LogP contribution is 2.73. The van der Waals surface area contributed by atoms with Gasteiger partial charge >= 0.3 is 0 Å². The predicted octanol–water partition coefficient (Wildman–Crippen LogP) is 4.92. The lowest BCUT2D eigenvalue weighted by Gasteiger charge is -2.50. The molecule has 6 rings (SSSR count). The molecule has 154 valence electrons. The van der Waals surface area contributed by atoms with Gasteiger partial charge in [0.25, 0.3) is 0 Å². The van der Waals surface area contributed by atoms with Crippen LogP contribution < -0.4 is 0 Å². The lowest BCUT2D eigenvalue weighted by molar-refractivity contribution is -0.185. The quantitative estimate of drug-likeness (QED) is 0.373. The van der Waals surface area contributed by atoms with Crippen LogP contribution in [0.5, 0.6) is 0 Å². The molecule has 2 aliphatic heterocycles. The van der Waals surface area contributed by atoms with Crippen LogP contribution in [-0.2, 0) is 18.6 Å². The summed E-state index contributed by atoms with van der Waals surface area (Å²) in [6.07, 6.45) is 12.6. The molecule has 0 aromatic heterocycles. The maximum absolute atomic E-state index is 6.69. The number of epoxide rings is 1. The van der Waals surface area contributed by atoms with Crippen LogP contribution in [-0.4, -0.2) is 38.5 Å². The smallest absolute Gasteiger partial charge is 0.241 e. The van der Waals surface area contributed by atoms with Gasteiger partial charge in [-0.15, -0.1) is 0 Å². The average molecular weight is 403 g/mol. The Labute approximate surface area is 169 Å². The van der Waals surface area contributed by atoms with Gasteiger partial charge in [-0.2, -0.15) is 0 Å². The molecule has 2 saturated carbocycles. The van der Waals surface area contributed by atoms with E-state index < -0.39 is 8.32 Å². The molecule has 2 saturated heterocycles. The molecule has 2 heterocycles. The van der Waals surface area contributed by atoms with E-state index in [1.807, 2.05) is 0 Å². The van der Waals surface area contributed by atoms with Crippen molar-refractivity contribution >= 4 is 8.32 Å². The van der Waals surface area contributed by atoms with Gasteiger partial charge in [0, 0.05) is 18.3 Å². The Hall–Kier alpha value is -0.623. The summed E-state index contributed by atoms with van der Waals surface area (Å²) in [4.78, 5) is 0. The third kappa shape index (κ3) is 2.22. The van der Waals surface area contributed by atoms with Crippen molar-refractivity contribution in [2.24, 2.45) is 17.3 Å². The fourth-order valence-corrected chi connectivity index (χ4v) is 8.34. The SMILES string of the molecule is C[C@]12CC=C3[C@@H](CCC45CC6(CCC34O5)OCCO6)[C@@H]1CC=C2O[Si](C)(C)C. The maximum Gasteiger partial charge on any atom is 0.241 e. The van der Waals surface area contributed by atoms with E-state index in [-0.39, 0.29) is 22.4 Å². The molecule has 1 spiro atoms. The second-order valence-corrected chi connectivity index (χ2v) is 15.7. The number of allylic oxidation sites excluding steroid dienone is 3. The largest absolute Gasteiger partial charge is 0.547 e. The van der Waals surface area contributed by atoms with Crippen LogP contribution in [0.3, 0.4) is 0 Å². The van der Waals surface area contributed by atoms with Crippen LogP contribution in [0.4, 0.5) is 0 Å². The minimum Gasteiger partial charge on any atom is -0.547 e. The number of ether oxygens (including phenoxy) is 3. The zero-order valence-corrected chi connectivity index (χ0v) is 18.8. The minimum atomic E-state index is -1.58. The standard InChI is InChI=1S/C23H34O4Si/c1-20-9-8-18-16(17(20)5-6-19(20)26-28(2,3)4)7-10-21-15-22(24-13-14-25-22)11-12-23(18,21)27-21/h6,8,16-17H,5,7,9-15H2,1-4H3/t16-,17-,20-,21?,23?/m0/s1. The first-order valence-electron chi connectivity index (χ1n) is 11.3. The fraction of sp³-hybridized carbons (Fsp3) is 0.826. The van der Waals surface area contributed by atoms with Crippen LogP contribution in [0.25, 0.3) is 0 Å². The summed E-state index contributed by atoms with van der Waals surface area (Å²) < 4.78 is 25.4. The van der Waals surface area contributed by atoms with E-state index in [1.54, 1.807) is 5.57 Å². The van der Waals surface area contributed by atoms with Gasteiger partial charge in [0.1, 0.15) is 11.2 Å². The molecule has 5 atom stereocenters. The van der Waals surface area contributed by atoms with Crippen molar-refractivity contribution in [3.05, 3.63) is 23.5 Å². The Kier molecular flexibility index (Phi) is 3.47. The molecule has 4 fully saturated rings. The maximum atomic E-state index is 6.69. The Morgan fingerprint density at radius 3 is 2.61 bits per heavy atom. The minimum absolute atomic E-state index is 0.0137. The molecule has 0 amide bonds. The number of rotatable bonds is 2. The second kappa shape index (κ2) is 5.34. The van der Waals surface area contributed by atoms with Crippen LogP contribution >= 0.6 is 0 Å². The van der Waals surface area contributed by atoms with Gasteiger partial charge in [0.15, 0.2) is 5.79 Å². The van der Waals surface area contributed by atoms with E-state index in [1.165, 1.54) is 12.2 Å². The van der Waals surface area contributed by atoms with Gasteiger partial charge in [-0.1, -0.05) is 13.0 Å². The summed E-state index contributed by atoms with van der Waals surface area (Å²) >= 11 is 0. The van der Waals surface area contributed by atoms with Gasteiger partial charge < -0.3 is 18.6 Å². The highest BCUT2D eigenvalue weighted by atomic mass is 28.4. The Balaban J connectivity index is 1.29. The molecule has 28 heavy (non-hydrogen) atoms. The molecule has 0 radical (unpaired) electrons. The molecule has 4 nitrogen and oxygen atoms in total. The third-order valence-electron chi connectivity index (χ3n) is 8.60. The van der Waals surface area contributed by atoms with Gasteiger partial charge in [-0.25, -0.2) is 0 Å². The Morgan fingerprint density at radius 1 is 1.07 bits per heavy atom. The molecular formula is C23H34O4Si. The molecule has 2 unspecified atom stereocenters. The van der Waals surface area contributed by atoms with Crippen molar-refractivity contribution in [2.75, 3.05) is 13.2 Å². The number of fused-ring (bicyclic) bond motifs is 3. The monoisotopic (exact) mass is 402 g/mol. The molecule has 6 aliphatic rings. The summed E-state index contributed by atoms with van der Waals surface area (Å²) in [6.45, 7) is 10.8. The Bertz CT molecular complexity index is 776. The van der Waals surface area contributed by atoms with E-state index in [0.717, 1.165) is 51.7 Å². The van der Waals surface area contributed by atoms with Crippen molar-refractivity contribution in [3.8, 4) is 0 Å². The molecule has 0 N–H and O–H groups in total. The topological polar surface area (TPSA) is 40.2 Å². The van der Waals surface area contributed by atoms with Crippen molar-refractivity contribution in [1.29, 1.82) is 0 Å². The summed E-state index contributed by atoms with van der Waals surface area (Å²) in [5, 5.41) is 0. The van der Waals surface area contributed by atoms with Crippen molar-refractivity contribution in [2.45, 2.75) is 88.5 Å². The molecule has 4 aliphatic carbocycles. The molecule has 0 aromatic carbocycles. The number of hydrogen-bond donors (Lipinski definition) is 0. The highest BCUT2D eigenvalue weighted by molar-refractivity contribution is 6.70. The highest BCUT2D eigenvalue weighted by Gasteiger charge is 2.79. The van der Waals surface area contributed by atoms with E-state index in [9.17, 15) is 0 Å². The first kappa shape index (κ1) is 18.2. The van der Waals surface area contributed by atoms with Gasteiger partial charge in [0.2, 0.25) is 8.32 Å². The summed E-state index contributed by atoms with van der Waals surface area (Å²) in [6, 6.07) is 0. The first-order chi connectivity index (χ1) is 13.2. The van der Waals surface area contributed by atoms with E-state index >= 15 is 0 Å². The van der Waals surface area contributed by atoms with E-state index in [0.29, 0.717) is 11.8 Å². The van der Waals surface area contributed by atoms with Crippen molar-refractivity contribution in [1.82, 2.24) is 0 Å². The number of hydrogen-bond acceptors (Lipinski definition) is 4. The zero-order valence-electron chi connectivity index (χ0n) is 17.8. The van der Waals surface area contributed by atoms with Crippen molar-refractivity contribution in [3.63, 3.8) is 0 Å². The molecular weight excluding hydrogens is 368 g/mol. The zero-order chi connectivity index (χ0) is 19.4. The van der Waals surface area contributed by atoms with E-state index in [4.69, 9.17) is 18.6 Å². The first-order valence-corrected chi connectivity index (χ1v) is 14.7. The predicted molar refractivity (Wildman–Crippen MR) is 109 cm³/mol. The Morgan fingerprint density at radius 2 is 1.86 bits per heavy atom. The van der Waals surface area contributed by atoms with Gasteiger partial charge in [-0.3, -0.25) is 0 Å². The molecule has 5 heteroatoms. The van der Waals surface area contributed by atoms with Crippen LogP contribution in [0.1, 0.15) is 51.9 Å². The average Bonchev–Trinajstić information content (AvgIpc) is 2.91. The summed E-state index contributed by atoms with van der Waals surface area (Å²) in [5.41, 5.74) is 1.76. The second-order valence-electron chi connectivity index (χ2n) is 11.3. The van der Waals surface area contributed by atoms with Gasteiger partial charge in [0.05, 0.1) is 19.0 Å². The fourth-order valence-electron chi connectivity index (χ4n) is 7.36. The third-order valence-corrected chi connectivity index (χ3v) is 9.43. The van der Waals surface area contributed by atoms with Crippen molar-refractivity contribution < 1.29 is 18.6 Å². The van der Waals surface area contributed by atoms with Crippen LogP contribution in [0.15, 0.2) is 23.5 Å². The van der Waals surface area contributed by atoms with Crippen LogP contribution in [0.2, 0.25) is 19.6 Å². The van der Waals surface area contributed by atoms with Crippen LogP contribution in [0, 0.1) is 17.3 Å². The van der Waals surface area contributed by atoms with Gasteiger partial charge in [-0.05, 0) is 75.2 Å².